The van der Waals surface area contributed by atoms with E-state index in [0.29, 0.717) is 5.82 Å². The number of nitrogens with two attached hydrogens (primary N) is 1. The van der Waals surface area contributed by atoms with Crippen molar-refractivity contribution in [1.82, 2.24) is 10.2 Å². The van der Waals surface area contributed by atoms with Gasteiger partial charge in [0.2, 0.25) is 0 Å². The van der Waals surface area contributed by atoms with E-state index in [4.69, 9.17) is 10.2 Å². The van der Waals surface area contributed by atoms with Crippen LogP contribution < -0.4 is 11.1 Å². The van der Waals surface area contributed by atoms with Crippen LogP contribution in [0.25, 0.3) is 0 Å². The lowest BCUT2D eigenvalue weighted by atomic mass is 10.2. The normalized spacial score (nSPS) is 12.1. The molecule has 3 N–H and O–H groups in total. The van der Waals surface area contributed by atoms with Gasteiger partial charge in [-0.05, 0) is 38.1 Å². The molecule has 2 aromatic rings. The van der Waals surface area contributed by atoms with Crippen molar-refractivity contribution in [3.8, 4) is 0 Å². The molecule has 0 bridgehead atoms. The quantitative estimate of drug-likeness (QED) is 0.855. The largest absolute Gasteiger partial charge is 0.464 e. The summed E-state index contributed by atoms with van der Waals surface area (Å²) in [5.74, 6) is 1.63. The Morgan fingerprint density at radius 2 is 2.11 bits per heavy atom. The molecule has 94 valence electrons. The first-order chi connectivity index (χ1) is 8.56. The van der Waals surface area contributed by atoms with Crippen LogP contribution in [0.2, 0.25) is 0 Å². The van der Waals surface area contributed by atoms with E-state index in [1.807, 2.05) is 26.0 Å². The molecule has 0 fully saturated rings. The number of hydrogen-bond donors (Lipinski definition) is 2. The monoisotopic (exact) mass is 246 g/mol. The van der Waals surface area contributed by atoms with Gasteiger partial charge < -0.3 is 15.5 Å². The Kier molecular flexibility index (Phi) is 3.27. The van der Waals surface area contributed by atoms with Gasteiger partial charge in [-0.1, -0.05) is 0 Å². The molecule has 0 saturated carbocycles. The van der Waals surface area contributed by atoms with E-state index in [1.54, 1.807) is 6.07 Å². The highest BCUT2D eigenvalue weighted by Crippen LogP contribution is 2.19. The van der Waals surface area contributed by atoms with Gasteiger partial charge in [0.05, 0.1) is 6.04 Å². The number of rotatable bonds is 4. The Labute approximate surface area is 104 Å². The summed E-state index contributed by atoms with van der Waals surface area (Å²) < 4.78 is 5.49. The lowest BCUT2D eigenvalue weighted by molar-refractivity contribution is 0.0994. The number of furan rings is 1. The first-order valence-corrected chi connectivity index (χ1v) is 5.52. The van der Waals surface area contributed by atoms with E-state index in [0.717, 1.165) is 11.5 Å². The second-order valence-corrected chi connectivity index (χ2v) is 3.98. The highest BCUT2D eigenvalue weighted by atomic mass is 16.3. The molecule has 0 saturated heterocycles. The molecule has 0 aliphatic rings. The van der Waals surface area contributed by atoms with Crippen LogP contribution in [0, 0.1) is 6.92 Å². The molecule has 2 heterocycles. The van der Waals surface area contributed by atoms with Gasteiger partial charge >= 0.3 is 0 Å². The molecule has 2 aromatic heterocycles. The highest BCUT2D eigenvalue weighted by Gasteiger charge is 2.10. The van der Waals surface area contributed by atoms with E-state index in [-0.39, 0.29) is 11.7 Å². The smallest absolute Gasteiger partial charge is 0.269 e. The zero-order valence-corrected chi connectivity index (χ0v) is 10.2. The van der Waals surface area contributed by atoms with Gasteiger partial charge in [0.1, 0.15) is 17.3 Å². The first-order valence-electron chi connectivity index (χ1n) is 5.52. The van der Waals surface area contributed by atoms with E-state index in [1.165, 1.54) is 6.07 Å². The summed E-state index contributed by atoms with van der Waals surface area (Å²) >= 11 is 0. The topological polar surface area (TPSA) is 94.0 Å². The van der Waals surface area contributed by atoms with Gasteiger partial charge in [-0.3, -0.25) is 4.79 Å². The maximum absolute atomic E-state index is 10.8. The number of anilines is 1. The Hall–Kier alpha value is -2.37. The molecule has 2 rings (SSSR count). The molecule has 1 unspecified atom stereocenters. The molecule has 1 amide bonds. The van der Waals surface area contributed by atoms with Crippen molar-refractivity contribution < 1.29 is 9.21 Å². The summed E-state index contributed by atoms with van der Waals surface area (Å²) in [5, 5.41) is 10.7. The van der Waals surface area contributed by atoms with Crippen LogP contribution in [0.5, 0.6) is 0 Å². The van der Waals surface area contributed by atoms with Gasteiger partial charge in [-0.25, -0.2) is 0 Å². The number of carbonyl (C=O) groups excluding carboxylic acids is 1. The third-order valence-electron chi connectivity index (χ3n) is 2.47. The number of amides is 1. The summed E-state index contributed by atoms with van der Waals surface area (Å²) in [5.41, 5.74) is 5.22. The van der Waals surface area contributed by atoms with Crippen molar-refractivity contribution in [1.29, 1.82) is 0 Å². The van der Waals surface area contributed by atoms with E-state index in [9.17, 15) is 4.79 Å². The number of hydrogen-bond acceptors (Lipinski definition) is 5. The molecule has 0 radical (unpaired) electrons. The summed E-state index contributed by atoms with van der Waals surface area (Å²) in [6.07, 6.45) is 0. The Balaban J connectivity index is 2.07. The number of aromatic nitrogens is 2. The molecular weight excluding hydrogens is 232 g/mol. The fraction of sp³-hybridized carbons (Fsp3) is 0.250. The summed E-state index contributed by atoms with van der Waals surface area (Å²) in [6.45, 7) is 3.83. The fourth-order valence-electron chi connectivity index (χ4n) is 1.52. The van der Waals surface area contributed by atoms with Crippen molar-refractivity contribution >= 4 is 11.7 Å². The van der Waals surface area contributed by atoms with Crippen LogP contribution in [-0.4, -0.2) is 16.1 Å². The number of aryl methyl sites for hydroxylation is 1. The van der Waals surface area contributed by atoms with Gasteiger partial charge in [0.15, 0.2) is 5.69 Å². The third kappa shape index (κ3) is 2.65. The molecule has 0 aromatic carbocycles. The maximum atomic E-state index is 10.8. The van der Waals surface area contributed by atoms with E-state index < -0.39 is 5.91 Å². The number of nitrogens with zero attached hydrogens (tertiary/aromatic N) is 2. The lowest BCUT2D eigenvalue weighted by Gasteiger charge is -2.11. The maximum Gasteiger partial charge on any atom is 0.269 e. The molecule has 6 nitrogen and oxygen atoms in total. The van der Waals surface area contributed by atoms with Gasteiger partial charge in [-0.15, -0.1) is 10.2 Å². The minimum atomic E-state index is -0.594. The SMILES string of the molecule is Cc1ccc(C(C)Nc2ccc(C(N)=O)nn2)o1. The zero-order chi connectivity index (χ0) is 13.1. The van der Waals surface area contributed by atoms with Crippen molar-refractivity contribution in [3.05, 3.63) is 41.5 Å². The molecule has 0 aliphatic carbocycles. The predicted molar refractivity (Wildman–Crippen MR) is 66.0 cm³/mol. The molecule has 18 heavy (non-hydrogen) atoms. The van der Waals surface area contributed by atoms with Gasteiger partial charge in [-0.2, -0.15) is 0 Å². The predicted octanol–water partition coefficient (Wildman–Crippen LogP) is 1.65. The first kappa shape index (κ1) is 12.1. The zero-order valence-electron chi connectivity index (χ0n) is 10.2. The highest BCUT2D eigenvalue weighted by molar-refractivity contribution is 5.90. The van der Waals surface area contributed by atoms with Crippen molar-refractivity contribution in [2.24, 2.45) is 5.73 Å². The van der Waals surface area contributed by atoms with Crippen LogP contribution >= 0.6 is 0 Å². The summed E-state index contributed by atoms with van der Waals surface area (Å²) in [7, 11) is 0. The lowest BCUT2D eigenvalue weighted by Crippen LogP contribution is -2.15. The second kappa shape index (κ2) is 4.87. The fourth-order valence-corrected chi connectivity index (χ4v) is 1.52. The van der Waals surface area contributed by atoms with Crippen molar-refractivity contribution in [2.75, 3.05) is 5.32 Å². The van der Waals surface area contributed by atoms with Crippen molar-refractivity contribution in [2.45, 2.75) is 19.9 Å². The van der Waals surface area contributed by atoms with E-state index in [2.05, 4.69) is 15.5 Å². The van der Waals surface area contributed by atoms with Crippen LogP contribution in [0.4, 0.5) is 5.82 Å². The Morgan fingerprint density at radius 1 is 1.33 bits per heavy atom. The molecule has 0 spiro atoms. The number of primary amides is 1. The van der Waals surface area contributed by atoms with Crippen LogP contribution in [0.1, 0.15) is 35.0 Å². The average molecular weight is 246 g/mol. The second-order valence-electron chi connectivity index (χ2n) is 3.98. The molecule has 1 atom stereocenters. The number of carbonyl (C=O) groups is 1. The third-order valence-corrected chi connectivity index (χ3v) is 2.47. The standard InChI is InChI=1S/C12H14N4O2/c1-7-3-5-10(18-7)8(2)14-11-6-4-9(12(13)17)15-16-11/h3-6,8H,1-2H3,(H2,13,17)(H,14,16). The molecule has 0 aliphatic heterocycles. The molecule has 6 heteroatoms. The van der Waals surface area contributed by atoms with Crippen LogP contribution in [-0.2, 0) is 0 Å². The van der Waals surface area contributed by atoms with Crippen LogP contribution in [0.15, 0.2) is 28.7 Å². The van der Waals surface area contributed by atoms with Gasteiger partial charge in [0.25, 0.3) is 5.91 Å². The van der Waals surface area contributed by atoms with Crippen molar-refractivity contribution in [3.63, 3.8) is 0 Å². The summed E-state index contributed by atoms with van der Waals surface area (Å²) in [6, 6.07) is 6.94. The van der Waals surface area contributed by atoms with Gasteiger partial charge in [0, 0.05) is 0 Å². The minimum Gasteiger partial charge on any atom is -0.464 e. The number of nitrogens with one attached hydrogen (secondary N) is 1. The Bertz CT molecular complexity index is 547. The molecular formula is C12H14N4O2. The Morgan fingerprint density at radius 3 is 2.61 bits per heavy atom. The summed E-state index contributed by atoms with van der Waals surface area (Å²) in [4.78, 5) is 10.8. The van der Waals surface area contributed by atoms with E-state index >= 15 is 0 Å². The minimum absolute atomic E-state index is 0.0348. The van der Waals surface area contributed by atoms with Crippen LogP contribution in [0.3, 0.4) is 0 Å². The average Bonchev–Trinajstić information content (AvgIpc) is 2.76.